The molecule has 0 atom stereocenters. The molecule has 1 aliphatic rings. The smallest absolute Gasteiger partial charge is 0.0524 e. The van der Waals surface area contributed by atoms with Crippen molar-refractivity contribution in [2.24, 2.45) is 5.29 Å². The van der Waals surface area contributed by atoms with Crippen LogP contribution < -0.4 is 0 Å². The minimum Gasteiger partial charge on any atom is -0.260 e. The first-order valence-electron chi connectivity index (χ1n) is 4.03. The standard InChI is InChI=1S/C9H10N2O/c12-10-11-6-9(7-11)8-4-2-1-3-5-8/h1-5,9H,6-7H2. The van der Waals surface area contributed by atoms with Gasteiger partial charge in [-0.25, -0.2) is 0 Å². The first kappa shape index (κ1) is 7.28. The van der Waals surface area contributed by atoms with E-state index in [9.17, 15) is 4.91 Å². The van der Waals surface area contributed by atoms with Gasteiger partial charge >= 0.3 is 0 Å². The molecule has 1 aliphatic heterocycles. The van der Waals surface area contributed by atoms with E-state index < -0.39 is 0 Å². The fourth-order valence-electron chi connectivity index (χ4n) is 1.46. The monoisotopic (exact) mass is 162 g/mol. The Balaban J connectivity index is 2.01. The van der Waals surface area contributed by atoms with Crippen molar-refractivity contribution in [3.05, 3.63) is 40.8 Å². The molecule has 0 amide bonds. The molecule has 3 nitrogen and oxygen atoms in total. The lowest BCUT2D eigenvalue weighted by Crippen LogP contribution is -2.40. The Morgan fingerprint density at radius 3 is 2.50 bits per heavy atom. The van der Waals surface area contributed by atoms with Crippen LogP contribution in [-0.2, 0) is 0 Å². The summed E-state index contributed by atoms with van der Waals surface area (Å²) in [5.41, 5.74) is 1.30. The van der Waals surface area contributed by atoms with Crippen LogP contribution in [0.2, 0.25) is 0 Å². The molecule has 0 aromatic heterocycles. The zero-order valence-electron chi connectivity index (χ0n) is 6.68. The molecule has 0 radical (unpaired) electrons. The fourth-order valence-corrected chi connectivity index (χ4v) is 1.46. The Labute approximate surface area is 70.9 Å². The van der Waals surface area contributed by atoms with Gasteiger partial charge in [0.05, 0.1) is 5.29 Å². The highest BCUT2D eigenvalue weighted by Gasteiger charge is 2.27. The summed E-state index contributed by atoms with van der Waals surface area (Å²) in [6.07, 6.45) is 0. The molecule has 1 fully saturated rings. The lowest BCUT2D eigenvalue weighted by Gasteiger charge is -2.34. The number of hydrogen-bond acceptors (Lipinski definition) is 2. The number of rotatable bonds is 2. The Hall–Kier alpha value is -1.38. The zero-order chi connectivity index (χ0) is 8.39. The highest BCUT2D eigenvalue weighted by atomic mass is 16.3. The van der Waals surface area contributed by atoms with Gasteiger partial charge in [-0.2, -0.15) is 0 Å². The second-order valence-corrected chi connectivity index (χ2v) is 3.06. The SMILES string of the molecule is O=NN1CC(c2ccccc2)C1. The minimum absolute atomic E-state index is 0.504. The maximum absolute atomic E-state index is 10.0. The summed E-state index contributed by atoms with van der Waals surface area (Å²) in [7, 11) is 0. The minimum atomic E-state index is 0.504. The van der Waals surface area contributed by atoms with Crippen LogP contribution in [0, 0.1) is 4.91 Å². The van der Waals surface area contributed by atoms with Gasteiger partial charge in [-0.3, -0.25) is 5.01 Å². The summed E-state index contributed by atoms with van der Waals surface area (Å²) < 4.78 is 0. The van der Waals surface area contributed by atoms with Crippen molar-refractivity contribution >= 4 is 0 Å². The largest absolute Gasteiger partial charge is 0.260 e. The second-order valence-electron chi connectivity index (χ2n) is 3.06. The van der Waals surface area contributed by atoms with Gasteiger partial charge in [0.1, 0.15) is 0 Å². The van der Waals surface area contributed by atoms with E-state index in [1.54, 1.807) is 0 Å². The topological polar surface area (TPSA) is 32.7 Å². The van der Waals surface area contributed by atoms with Crippen molar-refractivity contribution in [3.8, 4) is 0 Å². The van der Waals surface area contributed by atoms with Crippen LogP contribution >= 0.6 is 0 Å². The third-order valence-electron chi connectivity index (χ3n) is 2.25. The summed E-state index contributed by atoms with van der Waals surface area (Å²) in [6.45, 7) is 1.54. The van der Waals surface area contributed by atoms with E-state index >= 15 is 0 Å². The van der Waals surface area contributed by atoms with Crippen LogP contribution in [0.4, 0.5) is 0 Å². The van der Waals surface area contributed by atoms with Crippen molar-refractivity contribution < 1.29 is 0 Å². The van der Waals surface area contributed by atoms with Gasteiger partial charge in [0.15, 0.2) is 0 Å². The van der Waals surface area contributed by atoms with E-state index in [0.717, 1.165) is 13.1 Å². The number of nitroso groups, excluding NO2 is 1. The van der Waals surface area contributed by atoms with Gasteiger partial charge in [-0.05, 0) is 5.56 Å². The third kappa shape index (κ3) is 1.18. The molecule has 0 saturated carbocycles. The predicted molar refractivity (Wildman–Crippen MR) is 46.6 cm³/mol. The molecule has 0 N–H and O–H groups in total. The highest BCUT2D eigenvalue weighted by molar-refractivity contribution is 5.22. The van der Waals surface area contributed by atoms with Crippen LogP contribution in [0.3, 0.4) is 0 Å². The summed E-state index contributed by atoms with van der Waals surface area (Å²) >= 11 is 0. The van der Waals surface area contributed by atoms with E-state index in [1.807, 2.05) is 18.2 Å². The molecule has 0 spiro atoms. The predicted octanol–water partition coefficient (Wildman–Crippen LogP) is 1.77. The van der Waals surface area contributed by atoms with E-state index in [2.05, 4.69) is 17.4 Å². The van der Waals surface area contributed by atoms with Crippen LogP contribution in [0.5, 0.6) is 0 Å². The van der Waals surface area contributed by atoms with Crippen molar-refractivity contribution in [2.45, 2.75) is 5.92 Å². The van der Waals surface area contributed by atoms with Crippen LogP contribution in [0.15, 0.2) is 35.6 Å². The quantitative estimate of drug-likeness (QED) is 0.621. The summed E-state index contributed by atoms with van der Waals surface area (Å²) in [5, 5.41) is 4.39. The first-order chi connectivity index (χ1) is 5.90. The maximum atomic E-state index is 10.0. The van der Waals surface area contributed by atoms with Crippen molar-refractivity contribution in [3.63, 3.8) is 0 Å². The van der Waals surface area contributed by atoms with Crippen LogP contribution in [0.25, 0.3) is 0 Å². The normalized spacial score (nSPS) is 17.2. The molecule has 1 heterocycles. The lowest BCUT2D eigenvalue weighted by molar-refractivity contribution is 0.152. The van der Waals surface area contributed by atoms with Crippen molar-refractivity contribution in [1.82, 2.24) is 5.01 Å². The van der Waals surface area contributed by atoms with Gasteiger partial charge in [0.25, 0.3) is 0 Å². The van der Waals surface area contributed by atoms with Crippen LogP contribution in [0.1, 0.15) is 11.5 Å². The Kier molecular flexibility index (Phi) is 1.78. The third-order valence-corrected chi connectivity index (χ3v) is 2.25. The molecule has 0 bridgehead atoms. The van der Waals surface area contributed by atoms with Crippen LogP contribution in [-0.4, -0.2) is 18.1 Å². The van der Waals surface area contributed by atoms with Crippen molar-refractivity contribution in [1.29, 1.82) is 0 Å². The van der Waals surface area contributed by atoms with Gasteiger partial charge < -0.3 is 0 Å². The zero-order valence-corrected chi connectivity index (χ0v) is 6.68. The summed E-state index contributed by atoms with van der Waals surface area (Å²) in [5.74, 6) is 0.504. The number of hydrogen-bond donors (Lipinski definition) is 0. The molecule has 3 heteroatoms. The highest BCUT2D eigenvalue weighted by Crippen LogP contribution is 2.26. The first-order valence-corrected chi connectivity index (χ1v) is 4.03. The van der Waals surface area contributed by atoms with E-state index in [0.29, 0.717) is 5.92 Å². The van der Waals surface area contributed by atoms with E-state index in [1.165, 1.54) is 10.6 Å². The summed E-state index contributed by atoms with van der Waals surface area (Å²) in [6, 6.07) is 10.2. The average Bonchev–Trinajstić information content (AvgIpc) is 2.04. The molecule has 1 aromatic carbocycles. The molecule has 0 unspecified atom stereocenters. The molecule has 12 heavy (non-hydrogen) atoms. The fraction of sp³-hybridized carbons (Fsp3) is 0.333. The molecule has 2 rings (SSSR count). The molecule has 62 valence electrons. The van der Waals surface area contributed by atoms with Gasteiger partial charge in [0.2, 0.25) is 0 Å². The van der Waals surface area contributed by atoms with Gasteiger partial charge in [-0.1, -0.05) is 30.3 Å². The van der Waals surface area contributed by atoms with E-state index in [4.69, 9.17) is 0 Å². The lowest BCUT2D eigenvalue weighted by atomic mass is 9.93. The molecular weight excluding hydrogens is 152 g/mol. The van der Waals surface area contributed by atoms with Gasteiger partial charge in [-0.15, -0.1) is 4.91 Å². The number of nitrogens with zero attached hydrogens (tertiary/aromatic N) is 2. The molecule has 1 saturated heterocycles. The maximum Gasteiger partial charge on any atom is 0.0524 e. The van der Waals surface area contributed by atoms with Crippen molar-refractivity contribution in [2.75, 3.05) is 13.1 Å². The Bertz CT molecular complexity index is 267. The molecule has 1 aromatic rings. The second kappa shape index (κ2) is 2.93. The number of benzene rings is 1. The average molecular weight is 162 g/mol. The van der Waals surface area contributed by atoms with E-state index in [-0.39, 0.29) is 0 Å². The van der Waals surface area contributed by atoms with Gasteiger partial charge in [0, 0.05) is 19.0 Å². The molecule has 0 aliphatic carbocycles. The summed E-state index contributed by atoms with van der Waals surface area (Å²) in [4.78, 5) is 10.0. The Morgan fingerprint density at radius 1 is 1.25 bits per heavy atom. The molecular formula is C9H10N2O. The Morgan fingerprint density at radius 2 is 1.92 bits per heavy atom.